The Morgan fingerprint density at radius 3 is 2.39 bits per heavy atom. The van der Waals surface area contributed by atoms with Gasteiger partial charge in [-0.1, -0.05) is 0 Å². The first-order valence-corrected chi connectivity index (χ1v) is 5.78. The zero-order chi connectivity index (χ0) is 13.3. The van der Waals surface area contributed by atoms with Gasteiger partial charge in [0, 0.05) is 5.56 Å². The average molecular weight is 244 g/mol. The molecule has 3 heteroatoms. The Morgan fingerprint density at radius 1 is 1.11 bits per heavy atom. The first-order valence-electron chi connectivity index (χ1n) is 5.78. The predicted molar refractivity (Wildman–Crippen MR) is 69.3 cm³/mol. The van der Waals surface area contributed by atoms with E-state index in [9.17, 15) is 4.79 Å². The topological polar surface area (TPSA) is 39.4 Å². The molecular weight excluding hydrogens is 228 g/mol. The number of ether oxygens (including phenoxy) is 1. The second-order valence-corrected chi connectivity index (χ2v) is 4.40. The van der Waals surface area contributed by atoms with E-state index < -0.39 is 0 Å². The third-order valence-corrected chi connectivity index (χ3v) is 3.05. The van der Waals surface area contributed by atoms with Crippen LogP contribution in [-0.2, 0) is 0 Å². The van der Waals surface area contributed by atoms with Gasteiger partial charge < -0.3 is 9.15 Å². The van der Waals surface area contributed by atoms with E-state index in [4.69, 9.17) is 9.15 Å². The number of aryl methyl sites for hydroxylation is 3. The lowest BCUT2D eigenvalue weighted by Gasteiger charge is -2.10. The van der Waals surface area contributed by atoms with Crippen LogP contribution in [0.3, 0.4) is 0 Å². The third-order valence-electron chi connectivity index (χ3n) is 3.05. The number of hydrogen-bond acceptors (Lipinski definition) is 3. The summed E-state index contributed by atoms with van der Waals surface area (Å²) in [6.07, 6.45) is 1.54. The molecule has 0 fully saturated rings. The summed E-state index contributed by atoms with van der Waals surface area (Å²) >= 11 is 0. The van der Waals surface area contributed by atoms with Gasteiger partial charge in [0.1, 0.15) is 5.75 Å². The van der Waals surface area contributed by atoms with Crippen molar-refractivity contribution in [1.82, 2.24) is 0 Å². The van der Waals surface area contributed by atoms with E-state index in [1.165, 1.54) is 6.26 Å². The Morgan fingerprint density at radius 2 is 1.83 bits per heavy atom. The maximum Gasteiger partial charge on any atom is 0.228 e. The van der Waals surface area contributed by atoms with Crippen LogP contribution in [-0.4, -0.2) is 12.9 Å². The number of benzene rings is 1. The van der Waals surface area contributed by atoms with Crippen molar-refractivity contribution < 1.29 is 13.9 Å². The highest BCUT2D eigenvalue weighted by atomic mass is 16.5. The minimum absolute atomic E-state index is 0.0826. The largest absolute Gasteiger partial charge is 0.496 e. The lowest BCUT2D eigenvalue weighted by Crippen LogP contribution is -2.05. The molecule has 1 aromatic carbocycles. The van der Waals surface area contributed by atoms with Gasteiger partial charge in [0.15, 0.2) is 5.76 Å². The van der Waals surface area contributed by atoms with Gasteiger partial charge in [-0.25, -0.2) is 0 Å². The highest BCUT2D eigenvalue weighted by Gasteiger charge is 2.18. The molecule has 0 aliphatic carbocycles. The number of methoxy groups -OCH3 is 1. The molecule has 0 atom stereocenters. The number of rotatable bonds is 3. The van der Waals surface area contributed by atoms with Gasteiger partial charge in [-0.3, -0.25) is 4.79 Å². The summed E-state index contributed by atoms with van der Waals surface area (Å²) in [6.45, 7) is 5.68. The molecule has 0 radical (unpaired) electrons. The number of hydrogen-bond donors (Lipinski definition) is 0. The van der Waals surface area contributed by atoms with E-state index in [0.717, 1.165) is 22.4 Å². The molecule has 1 aromatic heterocycles. The standard InChI is InChI=1S/C15H16O3/c1-9-5-6-18-15(9)14(16)12-7-11(3)13(17-4)8-10(12)2/h5-8H,1-4H3. The maximum absolute atomic E-state index is 12.4. The molecule has 2 rings (SSSR count). The minimum atomic E-state index is -0.0826. The predicted octanol–water partition coefficient (Wildman–Crippen LogP) is 3.44. The van der Waals surface area contributed by atoms with Gasteiger partial charge in [-0.05, 0) is 55.7 Å². The van der Waals surface area contributed by atoms with Crippen molar-refractivity contribution in [3.8, 4) is 5.75 Å². The van der Waals surface area contributed by atoms with Crippen LogP contribution in [0.25, 0.3) is 0 Å². The number of ketones is 1. The smallest absolute Gasteiger partial charge is 0.228 e. The minimum Gasteiger partial charge on any atom is -0.496 e. The van der Waals surface area contributed by atoms with Crippen molar-refractivity contribution in [3.05, 3.63) is 52.5 Å². The second kappa shape index (κ2) is 4.69. The molecule has 0 saturated heterocycles. The average Bonchev–Trinajstić information content (AvgIpc) is 2.77. The van der Waals surface area contributed by atoms with Crippen LogP contribution in [0.2, 0.25) is 0 Å². The number of carbonyl (C=O) groups excluding carboxylic acids is 1. The van der Waals surface area contributed by atoms with Gasteiger partial charge in [-0.15, -0.1) is 0 Å². The molecule has 0 bridgehead atoms. The van der Waals surface area contributed by atoms with Crippen LogP contribution in [0.1, 0.15) is 32.8 Å². The van der Waals surface area contributed by atoms with Crippen LogP contribution in [0.5, 0.6) is 5.75 Å². The van der Waals surface area contributed by atoms with E-state index in [-0.39, 0.29) is 5.78 Å². The molecule has 2 aromatic rings. The molecule has 0 saturated carbocycles. The Balaban J connectivity index is 2.49. The van der Waals surface area contributed by atoms with Crippen LogP contribution in [0, 0.1) is 20.8 Å². The quantitative estimate of drug-likeness (QED) is 0.776. The van der Waals surface area contributed by atoms with Crippen molar-refractivity contribution in [2.45, 2.75) is 20.8 Å². The van der Waals surface area contributed by atoms with E-state index >= 15 is 0 Å². The lowest BCUT2D eigenvalue weighted by molar-refractivity contribution is 0.101. The van der Waals surface area contributed by atoms with Gasteiger partial charge >= 0.3 is 0 Å². The molecular formula is C15H16O3. The molecule has 0 N–H and O–H groups in total. The van der Waals surface area contributed by atoms with E-state index in [1.807, 2.05) is 32.9 Å². The van der Waals surface area contributed by atoms with Gasteiger partial charge in [0.05, 0.1) is 13.4 Å². The van der Waals surface area contributed by atoms with E-state index in [2.05, 4.69) is 0 Å². The second-order valence-electron chi connectivity index (χ2n) is 4.40. The van der Waals surface area contributed by atoms with Crippen LogP contribution in [0.15, 0.2) is 28.9 Å². The fourth-order valence-corrected chi connectivity index (χ4v) is 1.98. The highest BCUT2D eigenvalue weighted by Crippen LogP contribution is 2.25. The Hall–Kier alpha value is -2.03. The van der Waals surface area contributed by atoms with Gasteiger partial charge in [-0.2, -0.15) is 0 Å². The summed E-state index contributed by atoms with van der Waals surface area (Å²) in [5, 5.41) is 0. The molecule has 0 aliphatic rings. The van der Waals surface area contributed by atoms with Crippen molar-refractivity contribution in [2.75, 3.05) is 7.11 Å². The summed E-state index contributed by atoms with van der Waals surface area (Å²) in [5.74, 6) is 1.11. The Bertz CT molecular complexity index is 594. The van der Waals surface area contributed by atoms with Crippen LogP contribution < -0.4 is 4.74 Å². The summed E-state index contributed by atoms with van der Waals surface area (Å²) in [5.41, 5.74) is 3.34. The molecule has 0 amide bonds. The Labute approximate surface area is 106 Å². The molecule has 0 unspecified atom stereocenters. The fraction of sp³-hybridized carbons (Fsp3) is 0.267. The van der Waals surface area contributed by atoms with E-state index in [1.54, 1.807) is 13.2 Å². The molecule has 94 valence electrons. The first-order chi connectivity index (χ1) is 8.54. The monoisotopic (exact) mass is 244 g/mol. The number of carbonyl (C=O) groups is 1. The Kier molecular flexibility index (Phi) is 3.24. The number of furan rings is 1. The molecule has 0 spiro atoms. The van der Waals surface area contributed by atoms with Crippen molar-refractivity contribution in [1.29, 1.82) is 0 Å². The zero-order valence-corrected chi connectivity index (χ0v) is 11.0. The van der Waals surface area contributed by atoms with Crippen LogP contribution in [0.4, 0.5) is 0 Å². The molecule has 3 nitrogen and oxygen atoms in total. The molecule has 0 aliphatic heterocycles. The SMILES string of the molecule is COc1cc(C)c(C(=O)c2occc2C)cc1C. The normalized spacial score (nSPS) is 10.4. The van der Waals surface area contributed by atoms with Crippen molar-refractivity contribution >= 4 is 5.78 Å². The zero-order valence-electron chi connectivity index (χ0n) is 11.0. The highest BCUT2D eigenvalue weighted by molar-refractivity contribution is 6.09. The van der Waals surface area contributed by atoms with Crippen LogP contribution >= 0.6 is 0 Å². The summed E-state index contributed by atoms with van der Waals surface area (Å²) in [6, 6.07) is 5.51. The van der Waals surface area contributed by atoms with Gasteiger partial charge in [0.25, 0.3) is 0 Å². The van der Waals surface area contributed by atoms with E-state index in [0.29, 0.717) is 11.3 Å². The summed E-state index contributed by atoms with van der Waals surface area (Å²) in [7, 11) is 1.62. The van der Waals surface area contributed by atoms with Crippen molar-refractivity contribution in [2.24, 2.45) is 0 Å². The lowest BCUT2D eigenvalue weighted by atomic mass is 9.98. The summed E-state index contributed by atoms with van der Waals surface area (Å²) < 4.78 is 10.5. The van der Waals surface area contributed by atoms with Crippen molar-refractivity contribution in [3.63, 3.8) is 0 Å². The third kappa shape index (κ3) is 2.04. The maximum atomic E-state index is 12.4. The first kappa shape index (κ1) is 12.4. The molecule has 1 heterocycles. The summed E-state index contributed by atoms with van der Waals surface area (Å²) in [4.78, 5) is 12.4. The molecule has 18 heavy (non-hydrogen) atoms. The fourth-order valence-electron chi connectivity index (χ4n) is 1.98. The van der Waals surface area contributed by atoms with Gasteiger partial charge in [0.2, 0.25) is 5.78 Å².